The summed E-state index contributed by atoms with van der Waals surface area (Å²) >= 11 is 0. The normalized spacial score (nSPS) is 10.2. The highest BCUT2D eigenvalue weighted by Crippen LogP contribution is 2.18. The van der Waals surface area contributed by atoms with Crippen molar-refractivity contribution in [3.8, 4) is 0 Å². The minimum atomic E-state index is -0.827. The van der Waals surface area contributed by atoms with Crippen LogP contribution in [0.3, 0.4) is 0 Å². The van der Waals surface area contributed by atoms with Crippen LogP contribution in [0.4, 0.5) is 20.3 Å². The molecule has 2 rings (SSSR count). The van der Waals surface area contributed by atoms with Gasteiger partial charge in [0.1, 0.15) is 17.5 Å². The molecule has 0 unspecified atom stereocenters. The average Bonchev–Trinajstić information content (AvgIpc) is 2.43. The summed E-state index contributed by atoms with van der Waals surface area (Å²) in [5, 5.41) is 5.33. The molecule has 4 nitrogen and oxygen atoms in total. The summed E-state index contributed by atoms with van der Waals surface area (Å²) in [5.74, 6) is -1.63. The number of amides is 1. The topological polar surface area (TPSA) is 54.0 Å². The summed E-state index contributed by atoms with van der Waals surface area (Å²) in [7, 11) is 0. The van der Waals surface area contributed by atoms with Crippen LogP contribution in [0.15, 0.2) is 36.5 Å². The van der Waals surface area contributed by atoms with E-state index in [9.17, 15) is 13.6 Å². The number of rotatable bonds is 4. The lowest BCUT2D eigenvalue weighted by molar-refractivity contribution is 0.102. The summed E-state index contributed by atoms with van der Waals surface area (Å²) in [6.45, 7) is 2.47. The predicted octanol–water partition coefficient (Wildman–Crippen LogP) is 3.04. The van der Waals surface area contributed by atoms with Gasteiger partial charge in [-0.15, -0.1) is 0 Å². The van der Waals surface area contributed by atoms with E-state index in [-0.39, 0.29) is 11.3 Å². The van der Waals surface area contributed by atoms with Gasteiger partial charge in [0, 0.05) is 18.8 Å². The van der Waals surface area contributed by atoms with Crippen molar-refractivity contribution in [2.45, 2.75) is 6.92 Å². The molecule has 0 aliphatic rings. The molecule has 1 aromatic heterocycles. The van der Waals surface area contributed by atoms with Gasteiger partial charge >= 0.3 is 0 Å². The van der Waals surface area contributed by atoms with Crippen molar-refractivity contribution < 1.29 is 13.6 Å². The molecule has 0 saturated carbocycles. The van der Waals surface area contributed by atoms with Crippen molar-refractivity contribution >= 4 is 17.4 Å². The fourth-order valence-corrected chi connectivity index (χ4v) is 1.68. The molecule has 1 aromatic carbocycles. The van der Waals surface area contributed by atoms with Gasteiger partial charge in [0.05, 0.1) is 11.3 Å². The second kappa shape index (κ2) is 6.10. The first-order valence-corrected chi connectivity index (χ1v) is 6.07. The number of hydrogen-bond acceptors (Lipinski definition) is 3. The number of aromatic nitrogens is 1. The van der Waals surface area contributed by atoms with Crippen molar-refractivity contribution in [2.24, 2.45) is 0 Å². The Morgan fingerprint density at radius 3 is 2.80 bits per heavy atom. The summed E-state index contributed by atoms with van der Waals surface area (Å²) in [4.78, 5) is 16.1. The van der Waals surface area contributed by atoms with E-state index in [4.69, 9.17) is 0 Å². The van der Waals surface area contributed by atoms with E-state index >= 15 is 0 Å². The molecule has 1 amide bonds. The molecule has 2 aromatic rings. The van der Waals surface area contributed by atoms with Gasteiger partial charge in [-0.2, -0.15) is 0 Å². The van der Waals surface area contributed by atoms with Crippen molar-refractivity contribution in [1.82, 2.24) is 4.98 Å². The lowest BCUT2D eigenvalue weighted by Gasteiger charge is -2.10. The molecule has 1 heterocycles. The molecule has 0 saturated heterocycles. The quantitative estimate of drug-likeness (QED) is 0.903. The van der Waals surface area contributed by atoms with Gasteiger partial charge in [0.15, 0.2) is 0 Å². The van der Waals surface area contributed by atoms with E-state index in [1.807, 2.05) is 6.92 Å². The Morgan fingerprint density at radius 1 is 1.30 bits per heavy atom. The van der Waals surface area contributed by atoms with Crippen molar-refractivity contribution in [3.63, 3.8) is 0 Å². The lowest BCUT2D eigenvalue weighted by Crippen LogP contribution is -2.16. The SMILES string of the molecule is CCNc1ncccc1C(=O)Nc1ccc(F)cc1F. The van der Waals surface area contributed by atoms with Crippen molar-refractivity contribution in [3.05, 3.63) is 53.7 Å². The van der Waals surface area contributed by atoms with E-state index in [0.29, 0.717) is 18.4 Å². The summed E-state index contributed by atoms with van der Waals surface area (Å²) in [6.07, 6.45) is 1.55. The molecule has 0 aliphatic carbocycles. The van der Waals surface area contributed by atoms with Gasteiger partial charge in [0.2, 0.25) is 0 Å². The van der Waals surface area contributed by atoms with Crippen LogP contribution < -0.4 is 10.6 Å². The Morgan fingerprint density at radius 2 is 2.10 bits per heavy atom. The monoisotopic (exact) mass is 277 g/mol. The molecule has 0 fully saturated rings. The van der Waals surface area contributed by atoms with Gasteiger partial charge in [-0.1, -0.05) is 0 Å². The standard InChI is InChI=1S/C14H13F2N3O/c1-2-17-13-10(4-3-7-18-13)14(20)19-12-6-5-9(15)8-11(12)16/h3-8H,2H2,1H3,(H,17,18)(H,19,20). The average molecular weight is 277 g/mol. The van der Waals surface area contributed by atoms with Crippen molar-refractivity contribution in [1.29, 1.82) is 0 Å². The molecule has 20 heavy (non-hydrogen) atoms. The zero-order valence-electron chi connectivity index (χ0n) is 10.8. The fourth-order valence-electron chi connectivity index (χ4n) is 1.68. The molecule has 0 spiro atoms. The highest BCUT2D eigenvalue weighted by atomic mass is 19.1. The van der Waals surface area contributed by atoms with E-state index in [1.54, 1.807) is 18.3 Å². The maximum absolute atomic E-state index is 13.5. The highest BCUT2D eigenvalue weighted by molar-refractivity contribution is 6.07. The second-order valence-corrected chi connectivity index (χ2v) is 4.01. The predicted molar refractivity (Wildman–Crippen MR) is 72.7 cm³/mol. The number of halogens is 2. The third kappa shape index (κ3) is 3.09. The number of carbonyl (C=O) groups excluding carboxylic acids is 1. The van der Waals surface area contributed by atoms with Crippen LogP contribution in [0.1, 0.15) is 17.3 Å². The van der Waals surface area contributed by atoms with Crippen LogP contribution in [-0.4, -0.2) is 17.4 Å². The van der Waals surface area contributed by atoms with E-state index in [2.05, 4.69) is 15.6 Å². The molecule has 2 N–H and O–H groups in total. The number of benzene rings is 1. The minimum absolute atomic E-state index is 0.0808. The van der Waals surface area contributed by atoms with E-state index in [1.165, 1.54) is 6.07 Å². The summed E-state index contributed by atoms with van der Waals surface area (Å²) in [5.41, 5.74) is 0.209. The zero-order chi connectivity index (χ0) is 14.5. The Balaban J connectivity index is 2.24. The Bertz CT molecular complexity index is 632. The van der Waals surface area contributed by atoms with E-state index in [0.717, 1.165) is 6.07 Å². The Kier molecular flexibility index (Phi) is 4.24. The molecular weight excluding hydrogens is 264 g/mol. The number of nitrogens with one attached hydrogen (secondary N) is 2. The molecule has 104 valence electrons. The Hall–Kier alpha value is -2.50. The first-order chi connectivity index (χ1) is 9.61. The van der Waals surface area contributed by atoms with Crippen LogP contribution in [0, 0.1) is 11.6 Å². The lowest BCUT2D eigenvalue weighted by atomic mass is 10.2. The number of anilines is 2. The molecule has 0 bridgehead atoms. The smallest absolute Gasteiger partial charge is 0.259 e. The van der Waals surface area contributed by atoms with Crippen LogP contribution >= 0.6 is 0 Å². The first kappa shape index (κ1) is 13.9. The zero-order valence-corrected chi connectivity index (χ0v) is 10.8. The highest BCUT2D eigenvalue weighted by Gasteiger charge is 2.14. The van der Waals surface area contributed by atoms with Crippen LogP contribution in [0.25, 0.3) is 0 Å². The molecule has 0 radical (unpaired) electrons. The van der Waals surface area contributed by atoms with Crippen LogP contribution in [0.2, 0.25) is 0 Å². The molecule has 6 heteroatoms. The van der Waals surface area contributed by atoms with Crippen LogP contribution in [-0.2, 0) is 0 Å². The third-order valence-electron chi connectivity index (χ3n) is 2.58. The number of hydrogen-bond donors (Lipinski definition) is 2. The number of nitrogens with zero attached hydrogens (tertiary/aromatic N) is 1. The fraction of sp³-hybridized carbons (Fsp3) is 0.143. The van der Waals surface area contributed by atoms with Gasteiger partial charge < -0.3 is 10.6 Å². The largest absolute Gasteiger partial charge is 0.370 e. The minimum Gasteiger partial charge on any atom is -0.370 e. The third-order valence-corrected chi connectivity index (χ3v) is 2.58. The molecule has 0 atom stereocenters. The molecule has 0 aliphatic heterocycles. The van der Waals surface area contributed by atoms with Gasteiger partial charge in [0.25, 0.3) is 5.91 Å². The van der Waals surface area contributed by atoms with Crippen LogP contribution in [0.5, 0.6) is 0 Å². The Labute approximate surface area is 114 Å². The van der Waals surface area contributed by atoms with Gasteiger partial charge in [-0.3, -0.25) is 4.79 Å². The van der Waals surface area contributed by atoms with Crippen molar-refractivity contribution in [2.75, 3.05) is 17.2 Å². The van der Waals surface area contributed by atoms with E-state index < -0.39 is 17.5 Å². The van der Waals surface area contributed by atoms with Gasteiger partial charge in [-0.05, 0) is 31.2 Å². The maximum atomic E-state index is 13.5. The number of pyridine rings is 1. The molecular formula is C14H13F2N3O. The first-order valence-electron chi connectivity index (χ1n) is 6.07. The number of carbonyl (C=O) groups is 1. The second-order valence-electron chi connectivity index (χ2n) is 4.01. The summed E-state index contributed by atoms with van der Waals surface area (Å²) in [6, 6.07) is 6.14. The summed E-state index contributed by atoms with van der Waals surface area (Å²) < 4.78 is 26.3. The van der Waals surface area contributed by atoms with Gasteiger partial charge in [-0.25, -0.2) is 13.8 Å². The maximum Gasteiger partial charge on any atom is 0.259 e.